The molecule has 0 amide bonds. The predicted octanol–water partition coefficient (Wildman–Crippen LogP) is 9.47. The highest BCUT2D eigenvalue weighted by Gasteiger charge is 2.69. The molecule has 6 fully saturated rings. The quantitative estimate of drug-likeness (QED) is 0.161. The molecule has 0 saturated heterocycles. The highest BCUT2D eigenvalue weighted by molar-refractivity contribution is 5.88. The van der Waals surface area contributed by atoms with Crippen molar-refractivity contribution in [3.8, 4) is 0 Å². The van der Waals surface area contributed by atoms with E-state index in [4.69, 9.17) is 28.4 Å². The number of Topliss-reactive ketones (excluding diaryl/α,β-unsaturated/α-hetero) is 2. The van der Waals surface area contributed by atoms with Crippen molar-refractivity contribution in [2.45, 2.75) is 157 Å². The predicted molar refractivity (Wildman–Crippen MR) is 213 cm³/mol. The number of ether oxygens (including phenoxy) is 6. The van der Waals surface area contributed by atoms with E-state index in [9.17, 15) is 9.59 Å². The Labute approximate surface area is 328 Å². The summed E-state index contributed by atoms with van der Waals surface area (Å²) in [5.41, 5.74) is 0.645. The molecule has 6 rings (SSSR count). The summed E-state index contributed by atoms with van der Waals surface area (Å²) in [6.07, 6.45) is 11.5. The van der Waals surface area contributed by atoms with Crippen molar-refractivity contribution in [3.05, 3.63) is 12.2 Å². The number of carbonyl (C=O) groups is 2. The zero-order chi connectivity index (χ0) is 40.0. The molecular formula is C46H78O8. The molecule has 4 unspecified atom stereocenters. The molecule has 8 heteroatoms. The van der Waals surface area contributed by atoms with Crippen molar-refractivity contribution < 1.29 is 38.0 Å². The molecule has 0 heterocycles. The first kappa shape index (κ1) is 44.0. The normalized spacial score (nSPS) is 48.7. The van der Waals surface area contributed by atoms with Crippen LogP contribution in [0.1, 0.15) is 133 Å². The molecule has 0 aromatic heterocycles. The first-order chi connectivity index (χ1) is 25.4. The van der Waals surface area contributed by atoms with E-state index in [1.54, 1.807) is 14.2 Å². The maximum atomic E-state index is 14.0. The third kappa shape index (κ3) is 6.95. The van der Waals surface area contributed by atoms with Gasteiger partial charge in [-0.25, -0.2) is 0 Å². The smallest absolute Gasteiger partial charge is 0.146 e. The van der Waals surface area contributed by atoms with Gasteiger partial charge in [0.2, 0.25) is 0 Å². The van der Waals surface area contributed by atoms with Crippen molar-refractivity contribution in [1.29, 1.82) is 0 Å². The van der Waals surface area contributed by atoms with Crippen LogP contribution in [-0.2, 0) is 38.0 Å². The van der Waals surface area contributed by atoms with E-state index in [2.05, 4.69) is 62.0 Å². The van der Waals surface area contributed by atoms with Crippen LogP contribution in [0.25, 0.3) is 0 Å². The summed E-state index contributed by atoms with van der Waals surface area (Å²) in [4.78, 5) is 27.2. The SMILES string of the molecule is C=C(C)C[C@]1(C)C[C@@H](OCOC)[C@@]2(C)C3[C@H](OC)CCC3(CC[C@H]2C)[C@@H](C)C1=O.COCO[C@@H]1C[C@H](C)C(=O)[C@H](C)C23CC[C@@H](C)[C@]1(C)C2[C@H](OC)CC3. The highest BCUT2D eigenvalue weighted by atomic mass is 16.7. The number of hydrogen-bond acceptors (Lipinski definition) is 8. The van der Waals surface area contributed by atoms with Gasteiger partial charge in [0.25, 0.3) is 0 Å². The third-order valence-corrected chi connectivity index (χ3v) is 17.6. The molecule has 6 aliphatic carbocycles. The monoisotopic (exact) mass is 759 g/mol. The summed E-state index contributed by atoms with van der Waals surface area (Å²) < 4.78 is 35.3. The van der Waals surface area contributed by atoms with Gasteiger partial charge in [0.1, 0.15) is 25.2 Å². The van der Waals surface area contributed by atoms with E-state index in [0.717, 1.165) is 69.8 Å². The molecule has 310 valence electrons. The Bertz CT molecular complexity index is 1350. The van der Waals surface area contributed by atoms with E-state index in [-0.39, 0.29) is 70.6 Å². The van der Waals surface area contributed by atoms with Gasteiger partial charge < -0.3 is 28.4 Å². The second-order valence-electron chi connectivity index (χ2n) is 20.0. The lowest BCUT2D eigenvalue weighted by molar-refractivity contribution is -0.219. The van der Waals surface area contributed by atoms with Gasteiger partial charge in [-0.05, 0) is 112 Å². The summed E-state index contributed by atoms with van der Waals surface area (Å²) >= 11 is 0. The topological polar surface area (TPSA) is 89.5 Å². The molecule has 0 aliphatic heterocycles. The molecule has 6 saturated carbocycles. The standard InChI is InChI=1S/C25H42O4.C21H36O4/c1-16(2)13-23(5)14-20(29-15-27-7)24(6)17(3)9-11-25(18(4)22(23)26)12-10-19(28-8)21(24)25;1-13-11-17(25-12-23-5)20(4)14(2)7-9-21(15(3)18(13)22)10-8-16(24-6)19(20)21/h17-21H,1,9-15H2,2-8H3;13-17,19H,7-12H2,1-6H3/t17-,18+,19-,20-,21?,23-,24+,25?;13-,14+,15-,16+,17+,19?,20-,21?/m10/s1. The minimum Gasteiger partial charge on any atom is -0.381 e. The van der Waals surface area contributed by atoms with E-state index in [1.165, 1.54) is 6.42 Å². The third-order valence-electron chi connectivity index (χ3n) is 17.6. The van der Waals surface area contributed by atoms with Gasteiger partial charge in [0.15, 0.2) is 0 Å². The summed E-state index contributed by atoms with van der Waals surface area (Å²) in [5.74, 6) is 2.77. The molecule has 4 bridgehead atoms. The molecule has 54 heavy (non-hydrogen) atoms. The molecule has 0 aromatic carbocycles. The van der Waals surface area contributed by atoms with E-state index >= 15 is 0 Å². The van der Waals surface area contributed by atoms with Crippen molar-refractivity contribution in [2.24, 2.45) is 68.5 Å². The minimum absolute atomic E-state index is 0.00442. The van der Waals surface area contributed by atoms with Crippen LogP contribution in [0.15, 0.2) is 12.2 Å². The first-order valence-corrected chi connectivity index (χ1v) is 21.4. The molecule has 0 spiro atoms. The molecule has 6 aliphatic rings. The van der Waals surface area contributed by atoms with Crippen LogP contribution in [-0.4, -0.2) is 78.0 Å². The van der Waals surface area contributed by atoms with E-state index in [1.807, 2.05) is 21.1 Å². The number of ketones is 2. The van der Waals surface area contributed by atoms with Crippen LogP contribution in [0.3, 0.4) is 0 Å². The lowest BCUT2D eigenvalue weighted by Crippen LogP contribution is -2.63. The lowest BCUT2D eigenvalue weighted by atomic mass is 9.43. The fourth-order valence-electron chi connectivity index (χ4n) is 14.5. The number of rotatable bonds is 10. The van der Waals surface area contributed by atoms with Crippen LogP contribution < -0.4 is 0 Å². The Morgan fingerprint density at radius 2 is 1.13 bits per heavy atom. The highest BCUT2D eigenvalue weighted by Crippen LogP contribution is 2.70. The van der Waals surface area contributed by atoms with Crippen LogP contribution >= 0.6 is 0 Å². The Kier molecular flexibility index (Phi) is 13.5. The number of carbonyl (C=O) groups excluding carboxylic acids is 2. The molecule has 16 atom stereocenters. The fraction of sp³-hybridized carbons (Fsp3) is 0.913. The van der Waals surface area contributed by atoms with Gasteiger partial charge in [-0.2, -0.15) is 0 Å². The van der Waals surface area contributed by atoms with Crippen LogP contribution in [0.4, 0.5) is 0 Å². The van der Waals surface area contributed by atoms with Gasteiger partial charge in [0.05, 0.1) is 24.4 Å². The van der Waals surface area contributed by atoms with Gasteiger partial charge >= 0.3 is 0 Å². The van der Waals surface area contributed by atoms with Gasteiger partial charge in [-0.3, -0.25) is 9.59 Å². The molecule has 0 radical (unpaired) electrons. The second kappa shape index (κ2) is 16.6. The van der Waals surface area contributed by atoms with Crippen molar-refractivity contribution in [2.75, 3.05) is 42.0 Å². The van der Waals surface area contributed by atoms with E-state index in [0.29, 0.717) is 42.0 Å². The first-order valence-electron chi connectivity index (χ1n) is 21.4. The largest absolute Gasteiger partial charge is 0.381 e. The average Bonchev–Trinajstić information content (AvgIpc) is 3.74. The van der Waals surface area contributed by atoms with Crippen LogP contribution in [0.5, 0.6) is 0 Å². The number of methoxy groups -OCH3 is 4. The summed E-state index contributed by atoms with van der Waals surface area (Å²) in [5, 5.41) is 0. The van der Waals surface area contributed by atoms with Crippen molar-refractivity contribution in [1.82, 2.24) is 0 Å². The maximum absolute atomic E-state index is 14.0. The number of allylic oxidation sites excluding steroid dienone is 1. The Balaban J connectivity index is 0.000000210. The lowest BCUT2D eigenvalue weighted by Gasteiger charge is -2.62. The van der Waals surface area contributed by atoms with Crippen molar-refractivity contribution >= 4 is 11.6 Å². The van der Waals surface area contributed by atoms with Crippen molar-refractivity contribution in [3.63, 3.8) is 0 Å². The molecule has 0 aromatic rings. The second-order valence-corrected chi connectivity index (χ2v) is 20.0. The zero-order valence-electron chi connectivity index (χ0n) is 36.5. The number of hydrogen-bond donors (Lipinski definition) is 0. The van der Waals surface area contributed by atoms with Crippen LogP contribution in [0, 0.1) is 68.5 Å². The summed E-state index contributed by atoms with van der Waals surface area (Å²) in [7, 11) is 7.03. The van der Waals surface area contributed by atoms with Gasteiger partial charge in [0, 0.05) is 62.4 Å². The summed E-state index contributed by atoms with van der Waals surface area (Å²) in [6, 6.07) is 0. The molecule has 0 N–H and O–H groups in total. The average molecular weight is 759 g/mol. The Morgan fingerprint density at radius 1 is 0.685 bits per heavy atom. The fourth-order valence-corrected chi connectivity index (χ4v) is 14.5. The van der Waals surface area contributed by atoms with E-state index < -0.39 is 5.41 Å². The molecule has 8 nitrogen and oxygen atoms in total. The zero-order valence-corrected chi connectivity index (χ0v) is 36.5. The van der Waals surface area contributed by atoms with Crippen LogP contribution in [0.2, 0.25) is 0 Å². The minimum atomic E-state index is -0.453. The van der Waals surface area contributed by atoms with Gasteiger partial charge in [-0.15, -0.1) is 6.58 Å². The van der Waals surface area contributed by atoms with Gasteiger partial charge in [-0.1, -0.05) is 61.0 Å². The Morgan fingerprint density at radius 3 is 1.59 bits per heavy atom. The molecular weight excluding hydrogens is 680 g/mol. The summed E-state index contributed by atoms with van der Waals surface area (Å²) in [6.45, 7) is 24.9. The Hall–Kier alpha value is -1.16. The maximum Gasteiger partial charge on any atom is 0.146 e.